The number of methoxy groups -OCH3 is 2. The Morgan fingerprint density at radius 3 is 2.53 bits per heavy atom. The van der Waals surface area contributed by atoms with E-state index in [-0.39, 0.29) is 24.2 Å². The van der Waals surface area contributed by atoms with Crippen LogP contribution in [0.1, 0.15) is 56.7 Å². The van der Waals surface area contributed by atoms with Gasteiger partial charge in [-0.3, -0.25) is 9.78 Å². The van der Waals surface area contributed by atoms with Gasteiger partial charge >= 0.3 is 0 Å². The maximum atomic E-state index is 12.3. The Morgan fingerprint density at radius 1 is 0.971 bits per heavy atom. The van der Waals surface area contributed by atoms with E-state index in [1.807, 2.05) is 31.2 Å². The molecule has 6 nitrogen and oxygen atoms in total. The first kappa shape index (κ1) is 29.7. The van der Waals surface area contributed by atoms with Crippen molar-refractivity contribution in [3.8, 4) is 11.5 Å². The van der Waals surface area contributed by atoms with Crippen molar-refractivity contribution in [1.82, 2.24) is 10.3 Å². The maximum Gasteiger partial charge on any atom is 0.222 e. The molecule has 190 valence electrons. The fourth-order valence-corrected chi connectivity index (χ4v) is 3.67. The Morgan fingerprint density at radius 2 is 1.79 bits per heavy atom. The maximum absolute atomic E-state index is 12.3. The number of amides is 1. The van der Waals surface area contributed by atoms with Gasteiger partial charge in [-0.1, -0.05) is 38.3 Å². The molecule has 0 aliphatic carbocycles. The van der Waals surface area contributed by atoms with Crippen LogP contribution in [0, 0.1) is 5.92 Å². The number of rotatable bonds is 17. The van der Waals surface area contributed by atoms with Gasteiger partial charge in [-0.2, -0.15) is 0 Å². The van der Waals surface area contributed by atoms with Crippen molar-refractivity contribution in [3.05, 3.63) is 53.9 Å². The molecular weight excluding hydrogens is 452 g/mol. The second-order valence-corrected chi connectivity index (χ2v) is 8.40. The molecule has 7 heteroatoms. The number of unbranched alkanes of at least 4 members (excludes halogenated alkanes) is 3. The summed E-state index contributed by atoms with van der Waals surface area (Å²) < 4.78 is 16.4. The van der Waals surface area contributed by atoms with Crippen molar-refractivity contribution in [2.24, 2.45) is 5.92 Å². The molecule has 0 bridgehead atoms. The molecule has 0 saturated heterocycles. The molecule has 34 heavy (non-hydrogen) atoms. The molecule has 0 spiro atoms. The van der Waals surface area contributed by atoms with Crippen LogP contribution in [-0.2, 0) is 22.4 Å². The minimum absolute atomic E-state index is 0. The van der Waals surface area contributed by atoms with E-state index in [1.165, 1.54) is 5.56 Å². The van der Waals surface area contributed by atoms with Crippen LogP contribution >= 0.6 is 12.4 Å². The highest BCUT2D eigenvalue weighted by Crippen LogP contribution is 2.29. The van der Waals surface area contributed by atoms with Crippen molar-refractivity contribution in [1.29, 1.82) is 0 Å². The van der Waals surface area contributed by atoms with E-state index in [9.17, 15) is 4.79 Å². The van der Waals surface area contributed by atoms with Crippen molar-refractivity contribution < 1.29 is 19.0 Å². The molecule has 1 aromatic heterocycles. The first-order valence-electron chi connectivity index (χ1n) is 12.1. The highest BCUT2D eigenvalue weighted by Gasteiger charge is 2.12. The number of hydrogen-bond donors (Lipinski definition) is 1. The fourth-order valence-electron chi connectivity index (χ4n) is 3.67. The predicted molar refractivity (Wildman–Crippen MR) is 139 cm³/mol. The third-order valence-electron chi connectivity index (χ3n) is 5.69. The summed E-state index contributed by atoms with van der Waals surface area (Å²) in [6.07, 6.45) is 9.84. The van der Waals surface area contributed by atoms with E-state index < -0.39 is 0 Å². The molecule has 0 saturated carbocycles. The molecule has 0 aliphatic rings. The van der Waals surface area contributed by atoms with Crippen molar-refractivity contribution in [2.75, 3.05) is 34.0 Å². The topological polar surface area (TPSA) is 69.7 Å². The van der Waals surface area contributed by atoms with Gasteiger partial charge in [0.1, 0.15) is 0 Å². The largest absolute Gasteiger partial charge is 0.493 e. The number of nitrogens with one attached hydrogen (secondary N) is 1. The SMILES string of the molecule is COCCCOc1cc(CCCCCC[C@@H](C)C(=O)NCCc2ccccn2)ccc1OC.Cl. The van der Waals surface area contributed by atoms with Gasteiger partial charge in [-0.05, 0) is 49.1 Å². The number of aryl methyl sites for hydroxylation is 1. The average molecular weight is 493 g/mol. The molecule has 1 N–H and O–H groups in total. The molecule has 1 aromatic carbocycles. The van der Waals surface area contributed by atoms with Crippen molar-refractivity contribution in [2.45, 2.75) is 58.3 Å². The second kappa shape index (κ2) is 18.1. The zero-order valence-electron chi connectivity index (χ0n) is 20.9. The summed E-state index contributed by atoms with van der Waals surface area (Å²) in [6, 6.07) is 12.0. The Balaban J connectivity index is 0.00000578. The summed E-state index contributed by atoms with van der Waals surface area (Å²) in [5.74, 6) is 1.76. The van der Waals surface area contributed by atoms with Gasteiger partial charge in [0.05, 0.1) is 13.7 Å². The Kier molecular flexibility index (Phi) is 15.8. The summed E-state index contributed by atoms with van der Waals surface area (Å²) in [6.45, 7) is 3.96. The van der Waals surface area contributed by atoms with Gasteiger partial charge in [-0.15, -0.1) is 12.4 Å². The number of carbonyl (C=O) groups is 1. The molecule has 0 unspecified atom stereocenters. The molecule has 2 aromatic rings. The van der Waals surface area contributed by atoms with Crippen LogP contribution in [0.2, 0.25) is 0 Å². The van der Waals surface area contributed by atoms with E-state index in [2.05, 4.69) is 22.4 Å². The minimum atomic E-state index is 0. The highest BCUT2D eigenvalue weighted by molar-refractivity contribution is 5.85. The first-order chi connectivity index (χ1) is 16.1. The summed E-state index contributed by atoms with van der Waals surface area (Å²) in [5.41, 5.74) is 2.27. The van der Waals surface area contributed by atoms with E-state index in [4.69, 9.17) is 14.2 Å². The lowest BCUT2D eigenvalue weighted by atomic mass is 10.00. The highest BCUT2D eigenvalue weighted by atomic mass is 35.5. The van der Waals surface area contributed by atoms with Crippen LogP contribution in [0.3, 0.4) is 0 Å². The lowest BCUT2D eigenvalue weighted by Crippen LogP contribution is -2.31. The van der Waals surface area contributed by atoms with Gasteiger partial charge in [0, 0.05) is 50.9 Å². The van der Waals surface area contributed by atoms with Crippen molar-refractivity contribution >= 4 is 18.3 Å². The van der Waals surface area contributed by atoms with E-state index in [1.54, 1.807) is 20.4 Å². The van der Waals surface area contributed by atoms with Crippen LogP contribution in [-0.4, -0.2) is 44.9 Å². The zero-order valence-corrected chi connectivity index (χ0v) is 21.7. The third kappa shape index (κ3) is 11.7. The molecule has 1 heterocycles. The second-order valence-electron chi connectivity index (χ2n) is 8.40. The lowest BCUT2D eigenvalue weighted by Gasteiger charge is -2.13. The molecule has 1 atom stereocenters. The van der Waals surface area contributed by atoms with Gasteiger partial charge in [-0.25, -0.2) is 0 Å². The van der Waals surface area contributed by atoms with Crippen LogP contribution in [0.5, 0.6) is 11.5 Å². The molecule has 0 radical (unpaired) electrons. The van der Waals surface area contributed by atoms with E-state index in [0.29, 0.717) is 19.8 Å². The Labute approximate surface area is 211 Å². The zero-order chi connectivity index (χ0) is 23.7. The lowest BCUT2D eigenvalue weighted by molar-refractivity contribution is -0.124. The van der Waals surface area contributed by atoms with Crippen LogP contribution in [0.25, 0.3) is 0 Å². The minimum Gasteiger partial charge on any atom is -0.493 e. The summed E-state index contributed by atoms with van der Waals surface area (Å²) in [4.78, 5) is 16.6. The third-order valence-corrected chi connectivity index (χ3v) is 5.69. The molecule has 1 amide bonds. The van der Waals surface area contributed by atoms with Crippen LogP contribution in [0.15, 0.2) is 42.6 Å². The number of hydrogen-bond acceptors (Lipinski definition) is 5. The summed E-state index contributed by atoms with van der Waals surface area (Å²) in [5, 5.41) is 3.03. The Hall–Kier alpha value is -2.31. The standard InChI is InChI=1S/C27H40N2O4.ClH/c1-22(27(30)29-18-16-24-13-8-9-17-28-24)11-6-4-5-7-12-23-14-15-25(32-3)26(21-23)33-20-10-19-31-2;/h8-9,13-15,17,21-22H,4-7,10-12,16,18-20H2,1-3H3,(H,29,30);1H/t22-;/m1./s1. The predicted octanol–water partition coefficient (Wildman–Crippen LogP) is 5.42. The first-order valence-corrected chi connectivity index (χ1v) is 12.1. The van der Waals surface area contributed by atoms with E-state index >= 15 is 0 Å². The summed E-state index contributed by atoms with van der Waals surface area (Å²) >= 11 is 0. The van der Waals surface area contributed by atoms with Crippen LogP contribution < -0.4 is 14.8 Å². The van der Waals surface area contributed by atoms with Crippen LogP contribution in [0.4, 0.5) is 0 Å². The molecule has 0 aliphatic heterocycles. The quantitative estimate of drug-likeness (QED) is 0.299. The number of benzene rings is 1. The molecule has 0 fully saturated rings. The van der Waals surface area contributed by atoms with E-state index in [0.717, 1.165) is 68.6 Å². The fraction of sp³-hybridized carbons (Fsp3) is 0.556. The Bertz CT molecular complexity index is 804. The number of halogens is 1. The van der Waals surface area contributed by atoms with Gasteiger partial charge < -0.3 is 19.5 Å². The van der Waals surface area contributed by atoms with Gasteiger partial charge in [0.15, 0.2) is 11.5 Å². The monoisotopic (exact) mass is 492 g/mol. The van der Waals surface area contributed by atoms with Gasteiger partial charge in [0.2, 0.25) is 5.91 Å². The number of ether oxygens (including phenoxy) is 3. The molecular formula is C27H41ClN2O4. The van der Waals surface area contributed by atoms with Crippen molar-refractivity contribution in [3.63, 3.8) is 0 Å². The van der Waals surface area contributed by atoms with Gasteiger partial charge in [0.25, 0.3) is 0 Å². The summed E-state index contributed by atoms with van der Waals surface area (Å²) in [7, 11) is 3.36. The number of pyridine rings is 1. The average Bonchev–Trinajstić information content (AvgIpc) is 2.84. The normalized spacial score (nSPS) is 11.4. The number of nitrogens with zero attached hydrogens (tertiary/aromatic N) is 1. The smallest absolute Gasteiger partial charge is 0.222 e. The molecule has 2 rings (SSSR count). The number of aromatic nitrogens is 1. The number of carbonyl (C=O) groups excluding carboxylic acids is 1.